The van der Waals surface area contributed by atoms with Gasteiger partial charge in [0.15, 0.2) is 0 Å². The monoisotopic (exact) mass is 410 g/mol. The fraction of sp³-hybridized carbons (Fsp3) is 0.348. The van der Waals surface area contributed by atoms with Gasteiger partial charge in [-0.05, 0) is 55.3 Å². The zero-order valence-corrected chi connectivity index (χ0v) is 17.6. The lowest BCUT2D eigenvalue weighted by Gasteiger charge is -2.10. The molecule has 0 unspecified atom stereocenters. The first-order valence-electron chi connectivity index (χ1n) is 10.3. The third-order valence-corrected chi connectivity index (χ3v) is 4.36. The largest absolute Gasteiger partial charge is 0.376 e. The van der Waals surface area contributed by atoms with Gasteiger partial charge in [0.2, 0.25) is 5.91 Å². The first-order chi connectivity index (χ1) is 14.5. The van der Waals surface area contributed by atoms with Crippen molar-refractivity contribution in [3.63, 3.8) is 0 Å². The lowest BCUT2D eigenvalue weighted by Crippen LogP contribution is -2.25. The van der Waals surface area contributed by atoms with Gasteiger partial charge in [-0.3, -0.25) is 14.4 Å². The van der Waals surface area contributed by atoms with Crippen LogP contribution < -0.4 is 21.3 Å². The molecule has 3 amide bonds. The van der Waals surface area contributed by atoms with E-state index in [0.29, 0.717) is 35.6 Å². The van der Waals surface area contributed by atoms with Gasteiger partial charge in [0.05, 0.1) is 6.54 Å². The van der Waals surface area contributed by atoms with Gasteiger partial charge in [-0.1, -0.05) is 26.3 Å². The van der Waals surface area contributed by atoms with Crippen LogP contribution in [0.3, 0.4) is 0 Å². The Hall–Kier alpha value is -3.35. The van der Waals surface area contributed by atoms with E-state index in [-0.39, 0.29) is 24.3 Å². The standard InChI is InChI=1S/C23H30N4O3/c1-3-5-14-25-23(30)18-7-6-8-20(15-18)26-16-21(28)27-19-11-9-17(10-12-19)22(29)24-13-4-2/h6-12,15,26H,3-5,13-14,16H2,1-2H3,(H,24,29)(H,25,30)(H,27,28). The summed E-state index contributed by atoms with van der Waals surface area (Å²) in [6.07, 6.45) is 2.83. The van der Waals surface area contributed by atoms with Crippen LogP contribution in [0.2, 0.25) is 0 Å². The first-order valence-corrected chi connectivity index (χ1v) is 10.3. The lowest BCUT2D eigenvalue weighted by molar-refractivity contribution is -0.114. The number of rotatable bonds is 11. The molecule has 0 radical (unpaired) electrons. The van der Waals surface area contributed by atoms with E-state index in [1.165, 1.54) is 0 Å². The van der Waals surface area contributed by atoms with Crippen LogP contribution in [0, 0.1) is 0 Å². The maximum Gasteiger partial charge on any atom is 0.251 e. The van der Waals surface area contributed by atoms with Crippen LogP contribution in [-0.2, 0) is 4.79 Å². The summed E-state index contributed by atoms with van der Waals surface area (Å²) in [6.45, 7) is 5.39. The van der Waals surface area contributed by atoms with E-state index in [9.17, 15) is 14.4 Å². The average Bonchev–Trinajstić information content (AvgIpc) is 2.77. The topological polar surface area (TPSA) is 99.3 Å². The number of hydrogen-bond donors (Lipinski definition) is 4. The number of nitrogens with one attached hydrogen (secondary N) is 4. The Balaban J connectivity index is 1.84. The molecule has 0 aromatic heterocycles. The molecule has 0 fully saturated rings. The van der Waals surface area contributed by atoms with Gasteiger partial charge in [0.1, 0.15) is 0 Å². The fourth-order valence-electron chi connectivity index (χ4n) is 2.68. The first kappa shape index (κ1) is 22.9. The summed E-state index contributed by atoms with van der Waals surface area (Å²) in [7, 11) is 0. The second kappa shape index (κ2) is 12.3. The Kier molecular flexibility index (Phi) is 9.37. The van der Waals surface area contributed by atoms with E-state index in [1.807, 2.05) is 6.92 Å². The van der Waals surface area contributed by atoms with Crippen molar-refractivity contribution in [1.29, 1.82) is 0 Å². The molecule has 2 aromatic carbocycles. The molecule has 0 atom stereocenters. The van der Waals surface area contributed by atoms with Gasteiger partial charge >= 0.3 is 0 Å². The number of carbonyl (C=O) groups excluding carboxylic acids is 3. The number of amides is 3. The van der Waals surface area contributed by atoms with E-state index in [4.69, 9.17) is 0 Å². The quantitative estimate of drug-likeness (QED) is 0.427. The molecule has 0 aliphatic carbocycles. The van der Waals surface area contributed by atoms with E-state index in [1.54, 1.807) is 48.5 Å². The van der Waals surface area contributed by atoms with Crippen molar-refractivity contribution < 1.29 is 14.4 Å². The zero-order chi connectivity index (χ0) is 21.8. The van der Waals surface area contributed by atoms with Crippen molar-refractivity contribution in [1.82, 2.24) is 10.6 Å². The molecule has 0 saturated heterocycles. The molecule has 2 aromatic rings. The number of carbonyl (C=O) groups is 3. The maximum atomic E-state index is 12.2. The smallest absolute Gasteiger partial charge is 0.251 e. The van der Waals surface area contributed by atoms with Crippen molar-refractivity contribution in [2.45, 2.75) is 33.1 Å². The van der Waals surface area contributed by atoms with Crippen molar-refractivity contribution >= 4 is 29.1 Å². The van der Waals surface area contributed by atoms with Crippen LogP contribution in [-0.4, -0.2) is 37.4 Å². The maximum absolute atomic E-state index is 12.2. The normalized spacial score (nSPS) is 10.2. The number of unbranched alkanes of at least 4 members (excludes halogenated alkanes) is 1. The van der Waals surface area contributed by atoms with Crippen LogP contribution in [0.15, 0.2) is 48.5 Å². The SMILES string of the molecule is CCCCNC(=O)c1cccc(NCC(=O)Nc2ccc(C(=O)NCCC)cc2)c1. The molecule has 7 heteroatoms. The molecule has 160 valence electrons. The van der Waals surface area contributed by atoms with Crippen molar-refractivity contribution in [3.05, 3.63) is 59.7 Å². The molecular weight excluding hydrogens is 380 g/mol. The molecule has 30 heavy (non-hydrogen) atoms. The Labute approximate surface area is 177 Å². The lowest BCUT2D eigenvalue weighted by atomic mass is 10.2. The Morgan fingerprint density at radius 3 is 2.17 bits per heavy atom. The van der Waals surface area contributed by atoms with Crippen molar-refractivity contribution in [3.8, 4) is 0 Å². The summed E-state index contributed by atoms with van der Waals surface area (Å²) < 4.78 is 0. The predicted octanol–water partition coefficient (Wildman–Crippen LogP) is 3.41. The van der Waals surface area contributed by atoms with E-state index >= 15 is 0 Å². The minimum Gasteiger partial charge on any atom is -0.376 e. The van der Waals surface area contributed by atoms with Gasteiger partial charge in [0.25, 0.3) is 11.8 Å². The Bertz CT molecular complexity index is 850. The molecule has 2 rings (SSSR count). The predicted molar refractivity (Wildman–Crippen MR) is 120 cm³/mol. The molecule has 7 nitrogen and oxygen atoms in total. The highest BCUT2D eigenvalue weighted by Crippen LogP contribution is 2.12. The number of benzene rings is 2. The molecule has 4 N–H and O–H groups in total. The van der Waals surface area contributed by atoms with Crippen molar-refractivity contribution in [2.24, 2.45) is 0 Å². The molecular formula is C23H30N4O3. The summed E-state index contributed by atoms with van der Waals surface area (Å²) in [4.78, 5) is 36.3. The zero-order valence-electron chi connectivity index (χ0n) is 17.6. The number of hydrogen-bond acceptors (Lipinski definition) is 4. The third kappa shape index (κ3) is 7.58. The van der Waals surface area contributed by atoms with Gasteiger partial charge < -0.3 is 21.3 Å². The highest BCUT2D eigenvalue weighted by molar-refractivity contribution is 5.97. The summed E-state index contributed by atoms with van der Waals surface area (Å²) in [5, 5.41) is 11.5. The average molecular weight is 411 g/mol. The minimum absolute atomic E-state index is 0.0552. The molecule has 0 heterocycles. The highest BCUT2D eigenvalue weighted by Gasteiger charge is 2.08. The number of anilines is 2. The van der Waals surface area contributed by atoms with Gasteiger partial charge in [0, 0.05) is 35.6 Å². The van der Waals surface area contributed by atoms with Crippen LogP contribution in [0.5, 0.6) is 0 Å². The molecule has 0 saturated carbocycles. The van der Waals surface area contributed by atoms with Gasteiger partial charge in [-0.2, -0.15) is 0 Å². The second-order valence-electron chi connectivity index (χ2n) is 6.93. The second-order valence-corrected chi connectivity index (χ2v) is 6.93. The summed E-state index contributed by atoms with van der Waals surface area (Å²) >= 11 is 0. The Morgan fingerprint density at radius 2 is 1.47 bits per heavy atom. The Morgan fingerprint density at radius 1 is 0.767 bits per heavy atom. The minimum atomic E-state index is -0.226. The van der Waals surface area contributed by atoms with Crippen molar-refractivity contribution in [2.75, 3.05) is 30.3 Å². The molecule has 0 bridgehead atoms. The van der Waals surface area contributed by atoms with Crippen LogP contribution >= 0.6 is 0 Å². The van der Waals surface area contributed by atoms with Crippen LogP contribution in [0.4, 0.5) is 11.4 Å². The summed E-state index contributed by atoms with van der Waals surface area (Å²) in [6, 6.07) is 13.8. The third-order valence-electron chi connectivity index (χ3n) is 4.36. The molecule has 0 aliphatic heterocycles. The molecule has 0 spiro atoms. The summed E-state index contributed by atoms with van der Waals surface area (Å²) in [5.74, 6) is -0.481. The van der Waals surface area contributed by atoms with Crippen LogP contribution in [0.1, 0.15) is 53.8 Å². The van der Waals surface area contributed by atoms with Crippen LogP contribution in [0.25, 0.3) is 0 Å². The highest BCUT2D eigenvalue weighted by atomic mass is 16.2. The van der Waals surface area contributed by atoms with Gasteiger partial charge in [-0.25, -0.2) is 0 Å². The molecule has 0 aliphatic rings. The van der Waals surface area contributed by atoms with E-state index < -0.39 is 0 Å². The summed E-state index contributed by atoms with van der Waals surface area (Å²) in [5.41, 5.74) is 2.40. The fourth-order valence-corrected chi connectivity index (χ4v) is 2.68. The van der Waals surface area contributed by atoms with Gasteiger partial charge in [-0.15, -0.1) is 0 Å². The van der Waals surface area contributed by atoms with E-state index in [0.717, 1.165) is 19.3 Å². The van der Waals surface area contributed by atoms with E-state index in [2.05, 4.69) is 28.2 Å².